The van der Waals surface area contributed by atoms with Crippen LogP contribution in [0, 0.1) is 5.92 Å². The average molecular weight is 498 g/mol. The van der Waals surface area contributed by atoms with Gasteiger partial charge in [0.1, 0.15) is 12.1 Å². The maximum absolute atomic E-state index is 13.0. The lowest BCUT2D eigenvalue weighted by molar-refractivity contribution is -0.142. The smallest absolute Gasteiger partial charge is 0.405 e. The summed E-state index contributed by atoms with van der Waals surface area (Å²) in [7, 11) is -4.95. The van der Waals surface area contributed by atoms with Gasteiger partial charge < -0.3 is 25.5 Å². The van der Waals surface area contributed by atoms with Gasteiger partial charge in [0.15, 0.2) is 0 Å². The number of nitrogens with zero attached hydrogens (tertiary/aromatic N) is 1. The Morgan fingerprint density at radius 3 is 2.21 bits per heavy atom. The van der Waals surface area contributed by atoms with Crippen LogP contribution >= 0.6 is 19.1 Å². The first-order chi connectivity index (χ1) is 15.4. The molecule has 0 saturated carbocycles. The van der Waals surface area contributed by atoms with E-state index in [4.69, 9.17) is 0 Å². The number of carbonyl (C=O) groups excluding carboxylic acids is 2. The number of amides is 2. The van der Waals surface area contributed by atoms with Gasteiger partial charge in [-0.25, -0.2) is 9.36 Å². The van der Waals surface area contributed by atoms with Crippen LogP contribution in [-0.2, 0) is 25.4 Å². The Balaban J connectivity index is 2.19. The summed E-state index contributed by atoms with van der Waals surface area (Å²) < 4.78 is 12.6. The number of nitrogens with one attached hydrogen (secondary N) is 2. The molecule has 12 heteroatoms. The largest absolute Gasteiger partial charge is 0.480 e. The summed E-state index contributed by atoms with van der Waals surface area (Å²) in [5, 5.41) is 16.3. The van der Waals surface area contributed by atoms with Crippen LogP contribution in [0.1, 0.15) is 26.3 Å². The number of thiophene rings is 1. The Morgan fingerprint density at radius 2 is 1.76 bits per heavy atom. The highest BCUT2D eigenvalue weighted by atomic mass is 32.1. The van der Waals surface area contributed by atoms with Crippen molar-refractivity contribution >= 4 is 36.9 Å². The van der Waals surface area contributed by atoms with Gasteiger partial charge in [0.05, 0.1) is 6.67 Å². The van der Waals surface area contributed by atoms with E-state index in [-0.39, 0.29) is 6.42 Å². The van der Waals surface area contributed by atoms with Crippen molar-refractivity contribution in [2.24, 2.45) is 5.92 Å². The summed E-state index contributed by atoms with van der Waals surface area (Å²) in [6.45, 7) is 3.74. The van der Waals surface area contributed by atoms with Gasteiger partial charge in [-0.15, -0.1) is 11.3 Å². The van der Waals surface area contributed by atoms with Gasteiger partial charge in [-0.1, -0.05) is 44.2 Å². The molecule has 0 aliphatic heterocycles. The van der Waals surface area contributed by atoms with Gasteiger partial charge in [-0.05, 0) is 28.5 Å². The van der Waals surface area contributed by atoms with Crippen molar-refractivity contribution in [3.8, 4) is 10.4 Å². The van der Waals surface area contributed by atoms with Crippen LogP contribution in [0.4, 0.5) is 0 Å². The van der Waals surface area contributed by atoms with Crippen LogP contribution in [0.3, 0.4) is 0 Å². The minimum Gasteiger partial charge on any atom is -0.480 e. The fraction of sp³-hybridized carbons (Fsp3) is 0.381. The second-order valence-electron chi connectivity index (χ2n) is 7.81. The van der Waals surface area contributed by atoms with E-state index in [0.29, 0.717) is 10.2 Å². The molecule has 0 bridgehead atoms. The lowest BCUT2D eigenvalue weighted by Crippen LogP contribution is -2.55. The van der Waals surface area contributed by atoms with Crippen molar-refractivity contribution in [2.45, 2.75) is 39.3 Å². The number of benzene rings is 1. The molecule has 0 aliphatic carbocycles. The highest BCUT2D eigenvalue weighted by Gasteiger charge is 2.40. The van der Waals surface area contributed by atoms with Crippen LogP contribution in [0.15, 0.2) is 41.8 Å². The number of rotatable bonds is 11. The quantitative estimate of drug-likeness (QED) is 0.233. The molecule has 2 unspecified atom stereocenters. The summed E-state index contributed by atoms with van der Waals surface area (Å²) >= 11 is 1.58. The number of aliphatic carboxylic acids is 1. The SMILES string of the molecule is CC(=O)NCN(C(C(=O)NC(Cc1ccc(-c2cccs2)cc1)C(=O)O)C(C)C)P(=O)(O)O. The Bertz CT molecular complexity index is 1010. The minimum absolute atomic E-state index is 0.0157. The molecule has 2 aromatic rings. The molecule has 0 aliphatic rings. The van der Waals surface area contributed by atoms with E-state index in [2.05, 4.69) is 10.6 Å². The van der Waals surface area contributed by atoms with E-state index in [1.807, 2.05) is 29.6 Å². The maximum Gasteiger partial charge on any atom is 0.405 e. The average Bonchev–Trinajstić information content (AvgIpc) is 3.24. The van der Waals surface area contributed by atoms with Gasteiger partial charge in [0.2, 0.25) is 11.8 Å². The standard InChI is InChI=1S/C21H28N3O7PS/c1-13(2)19(24(32(29,30)31)12-22-14(3)25)20(26)23-17(21(27)28)11-15-6-8-16(9-7-15)18-5-4-10-33-18/h4-10,13,17,19H,11-12H2,1-3H3,(H,22,25)(H,23,26)(H,27,28)(H2,29,30,31). The fourth-order valence-corrected chi connectivity index (χ4v) is 4.95. The Kier molecular flexibility index (Phi) is 9.33. The summed E-state index contributed by atoms with van der Waals surface area (Å²) in [5.41, 5.74) is 1.66. The summed E-state index contributed by atoms with van der Waals surface area (Å²) in [6.07, 6.45) is -0.0157. The van der Waals surface area contributed by atoms with Crippen molar-refractivity contribution in [3.05, 3.63) is 47.3 Å². The minimum atomic E-state index is -4.95. The van der Waals surface area contributed by atoms with Crippen molar-refractivity contribution in [1.29, 1.82) is 0 Å². The maximum atomic E-state index is 13.0. The number of hydrogen-bond acceptors (Lipinski definition) is 5. The molecule has 1 aromatic carbocycles. The first-order valence-corrected chi connectivity index (χ1v) is 12.6. The van der Waals surface area contributed by atoms with Gasteiger partial charge in [-0.2, -0.15) is 4.67 Å². The molecule has 0 spiro atoms. The van der Waals surface area contributed by atoms with Crippen molar-refractivity contribution < 1.29 is 33.8 Å². The molecule has 180 valence electrons. The Morgan fingerprint density at radius 1 is 1.12 bits per heavy atom. The number of hydrogen-bond donors (Lipinski definition) is 5. The van der Waals surface area contributed by atoms with Gasteiger partial charge in [0, 0.05) is 18.2 Å². The van der Waals surface area contributed by atoms with Crippen molar-refractivity contribution in [3.63, 3.8) is 0 Å². The molecule has 33 heavy (non-hydrogen) atoms. The van der Waals surface area contributed by atoms with E-state index in [1.54, 1.807) is 37.3 Å². The third kappa shape index (κ3) is 7.76. The van der Waals surface area contributed by atoms with E-state index in [9.17, 15) is 33.8 Å². The number of carboxylic acids is 1. The molecule has 2 atom stereocenters. The second-order valence-corrected chi connectivity index (χ2v) is 10.3. The zero-order chi connectivity index (χ0) is 24.8. The predicted octanol–water partition coefficient (Wildman–Crippen LogP) is 2.04. The Hall–Kier alpha value is -2.56. The molecular formula is C21H28N3O7PS. The first kappa shape index (κ1) is 26.7. The second kappa shape index (κ2) is 11.5. The van der Waals surface area contributed by atoms with Crippen LogP contribution in [-0.4, -0.2) is 56.1 Å². The molecule has 5 N–H and O–H groups in total. The summed E-state index contributed by atoms with van der Waals surface area (Å²) in [5.74, 6) is -3.27. The van der Waals surface area contributed by atoms with Crippen LogP contribution in [0.5, 0.6) is 0 Å². The Labute approximate surface area is 195 Å². The van der Waals surface area contributed by atoms with Gasteiger partial charge in [0.25, 0.3) is 0 Å². The van der Waals surface area contributed by atoms with E-state index in [0.717, 1.165) is 10.4 Å². The summed E-state index contributed by atoms with van der Waals surface area (Å²) in [6, 6.07) is 8.49. The number of carbonyl (C=O) groups is 3. The molecule has 0 fully saturated rings. The number of carboxylic acid groups (broad SMARTS) is 1. The van der Waals surface area contributed by atoms with Crippen LogP contribution in [0.25, 0.3) is 10.4 Å². The van der Waals surface area contributed by atoms with Crippen LogP contribution < -0.4 is 10.6 Å². The third-order valence-corrected chi connectivity index (χ3v) is 6.84. The normalized spacial score (nSPS) is 13.5. The zero-order valence-electron chi connectivity index (χ0n) is 18.5. The molecule has 2 amide bonds. The lowest BCUT2D eigenvalue weighted by Gasteiger charge is -2.33. The lowest BCUT2D eigenvalue weighted by atomic mass is 10.0. The molecule has 2 rings (SSSR count). The molecule has 0 saturated heterocycles. The first-order valence-electron chi connectivity index (χ1n) is 10.1. The fourth-order valence-electron chi connectivity index (χ4n) is 3.27. The molecular weight excluding hydrogens is 469 g/mol. The topological polar surface area (TPSA) is 156 Å². The van der Waals surface area contributed by atoms with E-state index in [1.165, 1.54) is 6.92 Å². The van der Waals surface area contributed by atoms with Crippen molar-refractivity contribution in [1.82, 2.24) is 15.3 Å². The van der Waals surface area contributed by atoms with E-state index < -0.39 is 50.2 Å². The molecule has 10 nitrogen and oxygen atoms in total. The molecule has 1 heterocycles. The monoisotopic (exact) mass is 497 g/mol. The molecule has 0 radical (unpaired) electrons. The molecule has 1 aromatic heterocycles. The van der Waals surface area contributed by atoms with Gasteiger partial charge in [-0.3, -0.25) is 9.59 Å². The highest BCUT2D eigenvalue weighted by Crippen LogP contribution is 2.42. The summed E-state index contributed by atoms with van der Waals surface area (Å²) in [4.78, 5) is 56.6. The highest BCUT2D eigenvalue weighted by molar-refractivity contribution is 7.49. The zero-order valence-corrected chi connectivity index (χ0v) is 20.2. The van der Waals surface area contributed by atoms with E-state index >= 15 is 0 Å². The third-order valence-electron chi connectivity index (χ3n) is 4.86. The van der Waals surface area contributed by atoms with Gasteiger partial charge >= 0.3 is 13.7 Å². The van der Waals surface area contributed by atoms with Crippen LogP contribution in [0.2, 0.25) is 0 Å². The van der Waals surface area contributed by atoms with Crippen molar-refractivity contribution in [2.75, 3.05) is 6.67 Å². The predicted molar refractivity (Wildman–Crippen MR) is 124 cm³/mol.